The van der Waals surface area contributed by atoms with Gasteiger partial charge in [0.1, 0.15) is 30.8 Å². The molecule has 0 spiro atoms. The molecule has 0 radical (unpaired) electrons. The summed E-state index contributed by atoms with van der Waals surface area (Å²) in [6, 6.07) is 5.01. The van der Waals surface area contributed by atoms with Crippen LogP contribution in [0.5, 0.6) is 11.5 Å². The van der Waals surface area contributed by atoms with Crippen molar-refractivity contribution >= 4 is 17.6 Å². The Morgan fingerprint density at radius 2 is 1.91 bits per heavy atom. The van der Waals surface area contributed by atoms with Crippen molar-refractivity contribution in [3.63, 3.8) is 0 Å². The van der Waals surface area contributed by atoms with Gasteiger partial charge in [0.15, 0.2) is 0 Å². The SMILES string of the molecule is C=CCOc1ccc2c(c1)C1C(CCCCO)C(CCCCO)C=C3C(=NOCC)CC(N(C)C(=O)NCCCN4CCCC4=O)C(OCC=C)(O2)C31. The van der Waals surface area contributed by atoms with Gasteiger partial charge in [-0.15, -0.1) is 6.58 Å². The number of nitrogens with zero attached hydrogens (tertiary/aromatic N) is 3. The molecule has 0 bridgehead atoms. The van der Waals surface area contributed by atoms with Crippen molar-refractivity contribution in [3.8, 4) is 11.5 Å². The quantitative estimate of drug-likeness (QED) is 0.0847. The zero-order valence-corrected chi connectivity index (χ0v) is 31.7. The summed E-state index contributed by atoms with van der Waals surface area (Å²) in [5.74, 6) is -0.0131. The summed E-state index contributed by atoms with van der Waals surface area (Å²) < 4.78 is 20.1. The third kappa shape index (κ3) is 9.09. The summed E-state index contributed by atoms with van der Waals surface area (Å²) in [6.07, 6.45) is 13.0. The van der Waals surface area contributed by atoms with Gasteiger partial charge in [-0.1, -0.05) is 42.8 Å². The number of ether oxygens (including phenoxy) is 3. The number of likely N-dealkylation sites (tertiary alicyclic amines) is 1. The molecule has 6 atom stereocenters. The van der Waals surface area contributed by atoms with Crippen LogP contribution in [0.25, 0.3) is 0 Å². The number of likely N-dealkylation sites (N-methyl/N-ethyl adjacent to an activating group) is 1. The number of allylic oxidation sites excluding steroid dienone is 1. The van der Waals surface area contributed by atoms with E-state index in [1.807, 2.05) is 24.0 Å². The molecule has 12 nitrogen and oxygen atoms in total. The van der Waals surface area contributed by atoms with Crippen LogP contribution in [0.2, 0.25) is 0 Å². The largest absolute Gasteiger partial charge is 0.490 e. The highest BCUT2D eigenvalue weighted by Gasteiger charge is 2.65. The van der Waals surface area contributed by atoms with Gasteiger partial charge in [-0.25, -0.2) is 4.79 Å². The minimum Gasteiger partial charge on any atom is -0.490 e. The minimum absolute atomic E-state index is 0.115. The molecule has 5 rings (SSSR count). The number of hydrogen-bond donors (Lipinski definition) is 3. The van der Waals surface area contributed by atoms with E-state index in [-0.39, 0.29) is 55.4 Å². The van der Waals surface area contributed by atoms with E-state index in [4.69, 9.17) is 24.2 Å². The Kier molecular flexibility index (Phi) is 14.8. The van der Waals surface area contributed by atoms with Crippen molar-refractivity contribution in [1.82, 2.24) is 15.1 Å². The molecule has 12 heteroatoms. The number of carbonyl (C=O) groups is 2. The summed E-state index contributed by atoms with van der Waals surface area (Å²) in [4.78, 5) is 35.5. The van der Waals surface area contributed by atoms with Crippen molar-refractivity contribution in [2.75, 3.05) is 59.7 Å². The van der Waals surface area contributed by atoms with Crippen LogP contribution in [-0.2, 0) is 14.4 Å². The summed E-state index contributed by atoms with van der Waals surface area (Å²) in [6.45, 7) is 12.7. The van der Waals surface area contributed by atoms with Crippen LogP contribution in [0.15, 0.2) is 60.3 Å². The Labute approximate surface area is 314 Å². The summed E-state index contributed by atoms with van der Waals surface area (Å²) >= 11 is 0. The molecule has 3 N–H and O–H groups in total. The fourth-order valence-electron chi connectivity index (χ4n) is 8.79. The van der Waals surface area contributed by atoms with Crippen LogP contribution in [0.3, 0.4) is 0 Å². The van der Waals surface area contributed by atoms with Crippen LogP contribution in [0.1, 0.15) is 82.6 Å². The van der Waals surface area contributed by atoms with E-state index < -0.39 is 11.8 Å². The first-order chi connectivity index (χ1) is 25.8. The lowest BCUT2D eigenvalue weighted by Crippen LogP contribution is -2.70. The van der Waals surface area contributed by atoms with Crippen molar-refractivity contribution in [2.45, 2.75) is 88.9 Å². The zero-order chi connectivity index (χ0) is 37.8. The smallest absolute Gasteiger partial charge is 0.317 e. The van der Waals surface area contributed by atoms with E-state index in [1.165, 1.54) is 0 Å². The fourth-order valence-corrected chi connectivity index (χ4v) is 8.79. The third-order valence-electron chi connectivity index (χ3n) is 11.2. The van der Waals surface area contributed by atoms with Gasteiger partial charge in [-0.05, 0) is 81.1 Å². The van der Waals surface area contributed by atoms with Gasteiger partial charge < -0.3 is 44.4 Å². The standard InChI is InChI=1S/C41H60N4O8/c1-5-24-50-30-17-18-35-33(27-30)38-31(15-9-11-23-47)29(14-8-10-22-46)26-32-34(43-52-7-3)28-36(41(53-35,39(32)38)51-25-6-2)44(4)40(49)42-19-13-21-45-20-12-16-37(45)48/h5-6,17-18,26-27,29,31,36,38-39,46-47H,1-2,7-16,19-25,28H2,3-4H3,(H,42,49). The van der Waals surface area contributed by atoms with Crippen molar-refractivity contribution in [2.24, 2.45) is 22.9 Å². The lowest BCUT2D eigenvalue weighted by Gasteiger charge is -2.59. The fraction of sp³-hybridized carbons (Fsp3) is 0.634. The first-order valence-corrected chi connectivity index (χ1v) is 19.6. The number of nitrogens with one attached hydrogen (secondary N) is 1. The Morgan fingerprint density at radius 1 is 1.13 bits per heavy atom. The number of rotatable bonds is 21. The van der Waals surface area contributed by atoms with Crippen LogP contribution in [-0.4, -0.2) is 109 Å². The molecule has 2 aliphatic carbocycles. The zero-order valence-electron chi connectivity index (χ0n) is 31.7. The highest BCUT2D eigenvalue weighted by molar-refractivity contribution is 6.03. The molecule has 1 aromatic carbocycles. The number of aliphatic hydroxyl groups is 2. The summed E-state index contributed by atoms with van der Waals surface area (Å²) in [7, 11) is 1.77. The van der Waals surface area contributed by atoms with E-state index in [9.17, 15) is 19.8 Å². The van der Waals surface area contributed by atoms with E-state index in [2.05, 4.69) is 30.6 Å². The highest BCUT2D eigenvalue weighted by atomic mass is 16.7. The maximum absolute atomic E-state index is 14.0. The first-order valence-electron chi connectivity index (χ1n) is 19.6. The molecule has 1 saturated heterocycles. The lowest BCUT2D eigenvalue weighted by molar-refractivity contribution is -0.252. The monoisotopic (exact) mass is 736 g/mol. The number of urea groups is 1. The molecule has 1 saturated carbocycles. The topological polar surface area (TPSA) is 142 Å². The molecular weight excluding hydrogens is 676 g/mol. The molecule has 292 valence electrons. The third-order valence-corrected chi connectivity index (χ3v) is 11.2. The Hall–Kier alpha value is -3.87. The van der Waals surface area contributed by atoms with Gasteiger partial charge in [0.25, 0.3) is 0 Å². The second kappa shape index (κ2) is 19.5. The number of hydrogen-bond acceptors (Lipinski definition) is 9. The summed E-state index contributed by atoms with van der Waals surface area (Å²) in [5, 5.41) is 27.3. The molecule has 2 fully saturated rings. The van der Waals surface area contributed by atoms with Crippen LogP contribution in [0, 0.1) is 17.8 Å². The Morgan fingerprint density at radius 3 is 2.60 bits per heavy atom. The predicted molar refractivity (Wildman–Crippen MR) is 204 cm³/mol. The number of oxime groups is 1. The van der Waals surface area contributed by atoms with E-state index in [0.29, 0.717) is 69.9 Å². The van der Waals surface area contributed by atoms with Crippen molar-refractivity contribution < 1.29 is 38.9 Å². The molecular formula is C41H60N4O8. The lowest BCUT2D eigenvalue weighted by atomic mass is 9.55. The van der Waals surface area contributed by atoms with E-state index in [0.717, 1.165) is 55.5 Å². The molecule has 3 amide bonds. The highest BCUT2D eigenvalue weighted by Crippen LogP contribution is 2.61. The number of amides is 3. The molecule has 2 heterocycles. The Balaban J connectivity index is 1.61. The molecule has 0 aromatic heterocycles. The average molecular weight is 737 g/mol. The second-order valence-corrected chi connectivity index (χ2v) is 14.5. The molecule has 4 aliphatic rings. The van der Waals surface area contributed by atoms with E-state index in [1.54, 1.807) is 24.1 Å². The van der Waals surface area contributed by atoms with Crippen LogP contribution >= 0.6 is 0 Å². The summed E-state index contributed by atoms with van der Waals surface area (Å²) in [5.41, 5.74) is 2.74. The molecule has 1 aromatic rings. The average Bonchev–Trinajstić information content (AvgIpc) is 3.58. The number of aliphatic hydroxyl groups excluding tert-OH is 2. The van der Waals surface area contributed by atoms with Gasteiger partial charge >= 0.3 is 6.03 Å². The van der Waals surface area contributed by atoms with Gasteiger partial charge in [-0.2, -0.15) is 0 Å². The number of carbonyl (C=O) groups excluding carboxylic acids is 2. The maximum Gasteiger partial charge on any atom is 0.317 e. The van der Waals surface area contributed by atoms with Gasteiger partial charge in [0.05, 0.1) is 18.2 Å². The number of fused-ring (bicyclic) bond motifs is 2. The number of unbranched alkanes of at least 4 members (excludes halogenated alkanes) is 2. The molecule has 6 unspecified atom stereocenters. The predicted octanol–water partition coefficient (Wildman–Crippen LogP) is 5.56. The minimum atomic E-state index is -1.31. The Bertz CT molecular complexity index is 1480. The van der Waals surface area contributed by atoms with E-state index >= 15 is 0 Å². The maximum atomic E-state index is 14.0. The van der Waals surface area contributed by atoms with Crippen LogP contribution in [0.4, 0.5) is 4.79 Å². The van der Waals surface area contributed by atoms with Crippen molar-refractivity contribution in [1.29, 1.82) is 0 Å². The normalized spacial score (nSPS) is 26.6. The van der Waals surface area contributed by atoms with Gasteiger partial charge in [0, 0.05) is 64.2 Å². The molecule has 53 heavy (non-hydrogen) atoms. The van der Waals surface area contributed by atoms with Gasteiger partial charge in [-0.3, -0.25) is 4.79 Å². The first kappa shape index (κ1) is 40.3. The number of benzene rings is 1. The van der Waals surface area contributed by atoms with Crippen LogP contribution < -0.4 is 14.8 Å². The van der Waals surface area contributed by atoms with Crippen molar-refractivity contribution in [3.05, 3.63) is 60.7 Å². The molecule has 2 aliphatic heterocycles. The second-order valence-electron chi connectivity index (χ2n) is 14.5. The van der Waals surface area contributed by atoms with Gasteiger partial charge in [0.2, 0.25) is 11.7 Å².